The predicted octanol–water partition coefficient (Wildman–Crippen LogP) is 6.67. The minimum absolute atomic E-state index is 0.0769. The number of aliphatic hydroxyl groups excluding tert-OH is 1. The first kappa shape index (κ1) is 34.1. The summed E-state index contributed by atoms with van der Waals surface area (Å²) >= 11 is 0. The van der Waals surface area contributed by atoms with Gasteiger partial charge in [0.2, 0.25) is 5.91 Å². The van der Waals surface area contributed by atoms with Gasteiger partial charge in [0.1, 0.15) is 11.4 Å². The lowest BCUT2D eigenvalue weighted by Gasteiger charge is -2.43. The zero-order valence-electron chi connectivity index (χ0n) is 28.8. The lowest BCUT2D eigenvalue weighted by Crippen LogP contribution is -2.56. The first-order chi connectivity index (χ1) is 22.0. The Balaban J connectivity index is 1.32. The number of halogens is 1. The Morgan fingerprint density at radius 3 is 2.11 bits per heavy atom. The van der Waals surface area contributed by atoms with Gasteiger partial charge >= 0.3 is 0 Å². The Labute approximate surface area is 275 Å². The molecule has 3 aromatic carbocycles. The first-order valence-electron chi connectivity index (χ1n) is 17.1. The van der Waals surface area contributed by atoms with E-state index in [1.807, 2.05) is 23.1 Å². The quantitative estimate of drug-likeness (QED) is 0.243. The fourth-order valence-corrected chi connectivity index (χ4v) is 7.54. The van der Waals surface area contributed by atoms with Crippen LogP contribution in [-0.4, -0.2) is 76.7 Å². The van der Waals surface area contributed by atoms with E-state index in [9.17, 15) is 14.3 Å². The number of carbonyl (C=O) groups is 1. The molecular formula is C39H53FN4O2. The van der Waals surface area contributed by atoms with Crippen LogP contribution in [0.4, 0.5) is 10.1 Å². The van der Waals surface area contributed by atoms with Gasteiger partial charge in [0.05, 0.1) is 12.8 Å². The molecule has 1 amide bonds. The van der Waals surface area contributed by atoms with Crippen molar-refractivity contribution in [2.75, 3.05) is 44.3 Å². The molecule has 2 aliphatic rings. The van der Waals surface area contributed by atoms with E-state index < -0.39 is 11.6 Å². The standard InChI is InChI=1S/C39H53FN4O2/c1-7-8-20-42(23-33-12-10-9-11-13-33)24-36(45)25-43-27-44(35-16-14-34(40)15-17-35)39(38(43)46)18-21-41(22-19-39)26-37-31(5)29(3)28(2)30(4)32(37)6/h9-17,36,45H,7-8,18-27H2,1-6H3/t36-/m0/s1. The average molecular weight is 629 g/mol. The molecule has 7 heteroatoms. The van der Waals surface area contributed by atoms with Gasteiger partial charge in [-0.3, -0.25) is 14.6 Å². The molecule has 2 saturated heterocycles. The summed E-state index contributed by atoms with van der Waals surface area (Å²) in [6.45, 7) is 18.6. The molecule has 248 valence electrons. The molecule has 0 bridgehead atoms. The molecule has 0 saturated carbocycles. The summed E-state index contributed by atoms with van der Waals surface area (Å²) < 4.78 is 14.0. The molecule has 1 atom stereocenters. The number of rotatable bonds is 12. The summed E-state index contributed by atoms with van der Waals surface area (Å²) in [6.07, 6.45) is 2.85. The number of anilines is 1. The van der Waals surface area contributed by atoms with Crippen LogP contribution in [0, 0.1) is 40.4 Å². The molecule has 0 aliphatic carbocycles. The highest BCUT2D eigenvalue weighted by molar-refractivity contribution is 5.93. The monoisotopic (exact) mass is 628 g/mol. The van der Waals surface area contributed by atoms with Crippen molar-refractivity contribution in [3.8, 4) is 0 Å². The van der Waals surface area contributed by atoms with Crippen molar-refractivity contribution >= 4 is 11.6 Å². The minimum atomic E-state index is -0.705. The largest absolute Gasteiger partial charge is 0.390 e. The predicted molar refractivity (Wildman–Crippen MR) is 185 cm³/mol. The van der Waals surface area contributed by atoms with E-state index in [4.69, 9.17) is 0 Å². The maximum atomic E-state index is 14.4. The lowest BCUT2D eigenvalue weighted by molar-refractivity contribution is -0.135. The molecule has 3 aromatic rings. The summed E-state index contributed by atoms with van der Waals surface area (Å²) in [4.78, 5) is 23.2. The van der Waals surface area contributed by atoms with Gasteiger partial charge in [0.15, 0.2) is 0 Å². The van der Waals surface area contributed by atoms with E-state index >= 15 is 0 Å². The van der Waals surface area contributed by atoms with Crippen LogP contribution in [0.2, 0.25) is 0 Å². The van der Waals surface area contributed by atoms with E-state index in [2.05, 4.69) is 68.4 Å². The topological polar surface area (TPSA) is 50.3 Å². The number of likely N-dealkylation sites (tertiary alicyclic amines) is 1. The van der Waals surface area contributed by atoms with Crippen molar-refractivity contribution in [1.29, 1.82) is 0 Å². The van der Waals surface area contributed by atoms with E-state index in [1.165, 1.54) is 51.1 Å². The molecule has 46 heavy (non-hydrogen) atoms. The Kier molecular flexibility index (Phi) is 10.9. The summed E-state index contributed by atoms with van der Waals surface area (Å²) in [5.74, 6) is -0.210. The van der Waals surface area contributed by atoms with Crippen molar-refractivity contribution in [3.63, 3.8) is 0 Å². The summed E-state index contributed by atoms with van der Waals surface area (Å²) in [5.41, 5.74) is 9.61. The third-order valence-corrected chi connectivity index (χ3v) is 10.8. The highest BCUT2D eigenvalue weighted by atomic mass is 19.1. The Morgan fingerprint density at radius 1 is 0.891 bits per heavy atom. The maximum Gasteiger partial charge on any atom is 0.250 e. The maximum absolute atomic E-state index is 14.4. The summed E-state index contributed by atoms with van der Waals surface area (Å²) in [6, 6.07) is 16.9. The van der Waals surface area contributed by atoms with Crippen LogP contribution in [-0.2, 0) is 17.9 Å². The van der Waals surface area contributed by atoms with Crippen molar-refractivity contribution < 1.29 is 14.3 Å². The van der Waals surface area contributed by atoms with Gasteiger partial charge in [0.25, 0.3) is 0 Å². The van der Waals surface area contributed by atoms with Gasteiger partial charge in [-0.25, -0.2) is 4.39 Å². The average Bonchev–Trinajstić information content (AvgIpc) is 3.31. The molecule has 6 nitrogen and oxygen atoms in total. The number of nitrogens with zero attached hydrogens (tertiary/aromatic N) is 4. The summed E-state index contributed by atoms with van der Waals surface area (Å²) in [7, 11) is 0. The second kappa shape index (κ2) is 14.7. The highest BCUT2D eigenvalue weighted by Gasteiger charge is 2.54. The van der Waals surface area contributed by atoms with Gasteiger partial charge in [-0.15, -0.1) is 0 Å². The third kappa shape index (κ3) is 7.17. The van der Waals surface area contributed by atoms with Crippen molar-refractivity contribution in [3.05, 3.63) is 99.4 Å². The Morgan fingerprint density at radius 2 is 1.50 bits per heavy atom. The number of hydrogen-bond acceptors (Lipinski definition) is 5. The van der Waals surface area contributed by atoms with Crippen molar-refractivity contribution in [1.82, 2.24) is 14.7 Å². The number of hydrogen-bond donors (Lipinski definition) is 1. The highest BCUT2D eigenvalue weighted by Crippen LogP contribution is 2.40. The van der Waals surface area contributed by atoms with Crippen molar-refractivity contribution in [2.24, 2.45) is 0 Å². The number of β-amino-alcohol motifs (C(OH)–C–C–N with tert-alkyl or cyclic N) is 1. The van der Waals surface area contributed by atoms with Crippen LogP contribution < -0.4 is 4.90 Å². The molecule has 2 aliphatic heterocycles. The van der Waals surface area contributed by atoms with E-state index in [1.54, 1.807) is 12.1 Å². The van der Waals surface area contributed by atoms with Crippen LogP contribution in [0.5, 0.6) is 0 Å². The van der Waals surface area contributed by atoms with Gasteiger partial charge in [0, 0.05) is 45.0 Å². The Hall–Kier alpha value is -3.26. The van der Waals surface area contributed by atoms with E-state index in [0.29, 0.717) is 26.1 Å². The molecule has 2 heterocycles. The number of unbranched alkanes of at least 4 members (excludes halogenated alkanes) is 1. The van der Waals surface area contributed by atoms with Gasteiger partial charge in [-0.1, -0.05) is 43.7 Å². The van der Waals surface area contributed by atoms with Gasteiger partial charge in [-0.05, 0) is 124 Å². The smallest absolute Gasteiger partial charge is 0.250 e. The molecule has 0 aromatic heterocycles. The molecule has 2 fully saturated rings. The number of amides is 1. The summed E-state index contributed by atoms with van der Waals surface area (Å²) in [5, 5.41) is 11.4. The van der Waals surface area contributed by atoms with Crippen LogP contribution in [0.3, 0.4) is 0 Å². The molecule has 1 spiro atoms. The molecule has 1 N–H and O–H groups in total. The van der Waals surface area contributed by atoms with Crippen LogP contribution >= 0.6 is 0 Å². The molecule has 5 rings (SSSR count). The molecule has 0 radical (unpaired) electrons. The van der Waals surface area contributed by atoms with Gasteiger partial charge < -0.3 is 14.9 Å². The fraction of sp³-hybridized carbons (Fsp3) is 0.513. The zero-order chi connectivity index (χ0) is 33.0. The molecular weight excluding hydrogens is 575 g/mol. The van der Waals surface area contributed by atoms with Gasteiger partial charge in [-0.2, -0.15) is 0 Å². The van der Waals surface area contributed by atoms with E-state index in [0.717, 1.165) is 51.3 Å². The fourth-order valence-electron chi connectivity index (χ4n) is 7.54. The zero-order valence-corrected chi connectivity index (χ0v) is 28.8. The number of aliphatic hydroxyl groups is 1. The Bertz CT molecular complexity index is 1460. The first-order valence-corrected chi connectivity index (χ1v) is 17.1. The second-order valence-electron chi connectivity index (χ2n) is 13.7. The van der Waals surface area contributed by atoms with E-state index in [-0.39, 0.29) is 18.3 Å². The normalized spacial score (nSPS) is 17.5. The number of piperidine rings is 1. The van der Waals surface area contributed by atoms with Crippen LogP contribution in [0.1, 0.15) is 71.6 Å². The third-order valence-electron chi connectivity index (χ3n) is 10.8. The van der Waals surface area contributed by atoms with Crippen LogP contribution in [0.25, 0.3) is 0 Å². The van der Waals surface area contributed by atoms with Crippen molar-refractivity contribution in [2.45, 2.75) is 92.0 Å². The SMILES string of the molecule is CCCCN(Cc1ccccc1)C[C@H](O)CN1CN(c2ccc(F)cc2)C2(CCN(Cc3c(C)c(C)c(C)c(C)c3C)CC2)C1=O. The van der Waals surface area contributed by atoms with Crippen LogP contribution in [0.15, 0.2) is 54.6 Å². The number of carbonyl (C=O) groups excluding carboxylic acids is 1. The second-order valence-corrected chi connectivity index (χ2v) is 13.7. The number of benzene rings is 3. The minimum Gasteiger partial charge on any atom is -0.390 e. The lowest BCUT2D eigenvalue weighted by atomic mass is 9.84. The molecule has 0 unspecified atom stereocenters.